The maximum absolute atomic E-state index is 12.2. The topological polar surface area (TPSA) is 53.1 Å². The zero-order chi connectivity index (χ0) is 21.7. The van der Waals surface area contributed by atoms with Crippen molar-refractivity contribution in [1.29, 1.82) is 0 Å². The third-order valence-electron chi connectivity index (χ3n) is 7.53. The molecule has 2 aliphatic heterocycles. The van der Waals surface area contributed by atoms with Crippen LogP contribution in [-0.4, -0.2) is 78.1 Å². The molecule has 2 amide bonds. The van der Waals surface area contributed by atoms with Crippen LogP contribution in [-0.2, 0) is 9.53 Å². The highest BCUT2D eigenvalue weighted by molar-refractivity contribution is 5.76. The Morgan fingerprint density at radius 1 is 1.03 bits per heavy atom. The summed E-state index contributed by atoms with van der Waals surface area (Å²) in [6, 6.07) is 1.24. The molecule has 2 aliphatic carbocycles. The summed E-state index contributed by atoms with van der Waals surface area (Å²) in [5, 5.41) is 0. The van der Waals surface area contributed by atoms with Crippen LogP contribution in [0.3, 0.4) is 0 Å². The van der Waals surface area contributed by atoms with Gasteiger partial charge in [0.15, 0.2) is 0 Å². The molecule has 0 N–H and O–H groups in total. The molecule has 0 aromatic rings. The number of ether oxygens (including phenoxy) is 1. The van der Waals surface area contributed by atoms with Crippen LogP contribution in [0.2, 0.25) is 0 Å². The predicted molar refractivity (Wildman–Crippen MR) is 119 cm³/mol. The Morgan fingerprint density at radius 2 is 1.70 bits per heavy atom. The van der Waals surface area contributed by atoms with Crippen molar-refractivity contribution in [2.45, 2.75) is 91.1 Å². The lowest BCUT2D eigenvalue weighted by atomic mass is 9.64. The first-order valence-electron chi connectivity index (χ1n) is 12.5. The highest BCUT2D eigenvalue weighted by Crippen LogP contribution is 2.50. The Kier molecular flexibility index (Phi) is 8.05. The number of carbonyl (C=O) groups is 2. The number of piperidine rings is 1. The van der Waals surface area contributed by atoms with Gasteiger partial charge in [-0.2, -0.15) is 0 Å². The van der Waals surface area contributed by atoms with Gasteiger partial charge in [0.2, 0.25) is 5.91 Å². The number of nitrogens with zero attached hydrogens (tertiary/aromatic N) is 3. The minimum atomic E-state index is -0.134. The molecule has 4 rings (SSSR count). The number of hydrogen-bond donors (Lipinski definition) is 0. The second-order valence-electron chi connectivity index (χ2n) is 9.54. The van der Waals surface area contributed by atoms with E-state index >= 15 is 0 Å². The Bertz CT molecular complexity index is 578. The fourth-order valence-electron chi connectivity index (χ4n) is 5.66. The molecule has 0 aromatic carbocycles. The van der Waals surface area contributed by atoms with E-state index in [2.05, 4.69) is 9.80 Å². The maximum Gasteiger partial charge on any atom is 0.409 e. The van der Waals surface area contributed by atoms with Crippen molar-refractivity contribution in [3.63, 3.8) is 0 Å². The molecule has 172 valence electrons. The summed E-state index contributed by atoms with van der Waals surface area (Å²) < 4.78 is 5.17. The Morgan fingerprint density at radius 3 is 2.27 bits per heavy atom. The first-order valence-corrected chi connectivity index (χ1v) is 12.5. The van der Waals surface area contributed by atoms with Crippen molar-refractivity contribution < 1.29 is 14.3 Å². The highest BCUT2D eigenvalue weighted by atomic mass is 16.6. The Balaban J connectivity index is 0.00000124. The minimum Gasteiger partial charge on any atom is -0.450 e. The minimum absolute atomic E-state index is 0.134. The molecule has 2 heterocycles. The van der Waals surface area contributed by atoms with Crippen LogP contribution in [0.5, 0.6) is 0 Å². The lowest BCUT2D eigenvalue weighted by Crippen LogP contribution is -2.54. The summed E-state index contributed by atoms with van der Waals surface area (Å²) in [5.74, 6) is 1.02. The SMILES string of the molecule is CC.CCOC(=O)N1CCC2(CC(N3CCC(CN(C(=O)CC)C4CC4)CC3)C2)C1. The van der Waals surface area contributed by atoms with Gasteiger partial charge in [-0.15, -0.1) is 0 Å². The van der Waals surface area contributed by atoms with Gasteiger partial charge in [0, 0.05) is 38.1 Å². The molecule has 4 aliphatic rings. The molecule has 0 unspecified atom stereocenters. The van der Waals surface area contributed by atoms with Crippen LogP contribution < -0.4 is 0 Å². The Labute approximate surface area is 183 Å². The van der Waals surface area contributed by atoms with E-state index in [1.54, 1.807) is 0 Å². The molecule has 6 heteroatoms. The number of amides is 2. The van der Waals surface area contributed by atoms with Crippen LogP contribution in [0.4, 0.5) is 4.79 Å². The smallest absolute Gasteiger partial charge is 0.409 e. The standard InChI is InChI=1S/C22H37N3O3.C2H6/c1-3-20(26)25(18-5-6-18)15-17-7-10-23(11-8-17)19-13-22(14-19)9-12-24(16-22)21(27)28-4-2;1-2/h17-19H,3-16H2,1-2H3;1-2H3. The quantitative estimate of drug-likeness (QED) is 0.647. The molecule has 30 heavy (non-hydrogen) atoms. The van der Waals surface area contributed by atoms with E-state index in [4.69, 9.17) is 4.74 Å². The van der Waals surface area contributed by atoms with Crippen molar-refractivity contribution in [3.05, 3.63) is 0 Å². The molecular formula is C24H43N3O3. The predicted octanol–water partition coefficient (Wildman–Crippen LogP) is 4.14. The van der Waals surface area contributed by atoms with Gasteiger partial charge in [0.05, 0.1) is 6.61 Å². The number of rotatable bonds is 6. The third-order valence-corrected chi connectivity index (χ3v) is 7.53. The molecule has 1 spiro atoms. The van der Waals surface area contributed by atoms with Gasteiger partial charge in [0.25, 0.3) is 0 Å². The van der Waals surface area contributed by atoms with Gasteiger partial charge in [-0.1, -0.05) is 20.8 Å². The maximum atomic E-state index is 12.2. The third kappa shape index (κ3) is 5.30. The zero-order valence-electron chi connectivity index (χ0n) is 19.7. The average Bonchev–Trinajstić information content (AvgIpc) is 3.49. The first kappa shape index (κ1) is 23.4. The molecule has 0 atom stereocenters. The van der Waals surface area contributed by atoms with Gasteiger partial charge < -0.3 is 19.4 Å². The van der Waals surface area contributed by atoms with Crippen LogP contribution in [0.15, 0.2) is 0 Å². The van der Waals surface area contributed by atoms with Crippen molar-refractivity contribution in [3.8, 4) is 0 Å². The van der Waals surface area contributed by atoms with E-state index in [9.17, 15) is 9.59 Å². The zero-order valence-corrected chi connectivity index (χ0v) is 19.7. The van der Waals surface area contributed by atoms with Crippen molar-refractivity contribution in [2.24, 2.45) is 11.3 Å². The van der Waals surface area contributed by atoms with Gasteiger partial charge in [0.1, 0.15) is 0 Å². The number of hydrogen-bond acceptors (Lipinski definition) is 4. The number of carbonyl (C=O) groups excluding carboxylic acids is 2. The van der Waals surface area contributed by atoms with Crippen LogP contribution in [0.25, 0.3) is 0 Å². The summed E-state index contributed by atoms with van der Waals surface area (Å²) in [6.07, 6.45) is 8.96. The van der Waals surface area contributed by atoms with Crippen molar-refractivity contribution in [1.82, 2.24) is 14.7 Å². The summed E-state index contributed by atoms with van der Waals surface area (Å²) >= 11 is 0. The molecule has 2 saturated heterocycles. The lowest BCUT2D eigenvalue weighted by Gasteiger charge is -2.51. The van der Waals surface area contributed by atoms with Crippen molar-refractivity contribution >= 4 is 12.0 Å². The van der Waals surface area contributed by atoms with Gasteiger partial charge >= 0.3 is 6.09 Å². The van der Waals surface area contributed by atoms with Crippen LogP contribution in [0.1, 0.15) is 79.1 Å². The number of likely N-dealkylation sites (tertiary alicyclic amines) is 2. The molecule has 6 nitrogen and oxygen atoms in total. The largest absolute Gasteiger partial charge is 0.450 e. The highest BCUT2D eigenvalue weighted by Gasteiger charge is 2.51. The Hall–Kier alpha value is -1.30. The normalized spacial score (nSPS) is 29.2. The molecule has 2 saturated carbocycles. The van der Waals surface area contributed by atoms with E-state index in [-0.39, 0.29) is 6.09 Å². The second-order valence-corrected chi connectivity index (χ2v) is 9.54. The van der Waals surface area contributed by atoms with Crippen LogP contribution >= 0.6 is 0 Å². The van der Waals surface area contributed by atoms with Gasteiger partial charge in [-0.05, 0) is 76.3 Å². The molecule has 0 bridgehead atoms. The van der Waals surface area contributed by atoms with E-state index in [0.717, 1.165) is 26.1 Å². The molecule has 0 radical (unpaired) electrons. The molecule has 0 aromatic heterocycles. The summed E-state index contributed by atoms with van der Waals surface area (Å²) in [6.45, 7) is 13.4. The first-order chi connectivity index (χ1) is 14.5. The van der Waals surface area contributed by atoms with Crippen LogP contribution in [0, 0.1) is 11.3 Å². The van der Waals surface area contributed by atoms with E-state index in [0.29, 0.717) is 42.4 Å². The lowest BCUT2D eigenvalue weighted by molar-refractivity contribution is -0.132. The second kappa shape index (κ2) is 10.3. The monoisotopic (exact) mass is 421 g/mol. The molecule has 4 fully saturated rings. The van der Waals surface area contributed by atoms with Gasteiger partial charge in [-0.3, -0.25) is 4.79 Å². The van der Waals surface area contributed by atoms with Crippen molar-refractivity contribution in [2.75, 3.05) is 39.3 Å². The summed E-state index contributed by atoms with van der Waals surface area (Å²) in [4.78, 5) is 31.0. The van der Waals surface area contributed by atoms with E-state index in [1.807, 2.05) is 32.6 Å². The average molecular weight is 422 g/mol. The fourth-order valence-corrected chi connectivity index (χ4v) is 5.66. The van der Waals surface area contributed by atoms with Gasteiger partial charge in [-0.25, -0.2) is 4.79 Å². The summed E-state index contributed by atoms with van der Waals surface area (Å²) in [5.41, 5.74) is 0.352. The fraction of sp³-hybridized carbons (Fsp3) is 0.917. The van der Waals surface area contributed by atoms with E-state index in [1.165, 1.54) is 51.6 Å². The summed E-state index contributed by atoms with van der Waals surface area (Å²) in [7, 11) is 0. The molecular weight excluding hydrogens is 378 g/mol. The van der Waals surface area contributed by atoms with E-state index < -0.39 is 0 Å².